The van der Waals surface area contributed by atoms with E-state index in [1.807, 2.05) is 18.2 Å². The predicted octanol–water partition coefficient (Wildman–Crippen LogP) is 3.02. The first kappa shape index (κ1) is 31.7. The number of hydrogen-bond acceptors (Lipinski definition) is 11. The normalized spacial score (nSPS) is 12.5. The zero-order chi connectivity index (χ0) is 31.9. The van der Waals surface area contributed by atoms with E-state index < -0.39 is 26.2 Å². The molecule has 0 fully saturated rings. The standard InChI is InChI=1S/C30H30N6O7S2/c31-44(38,39)26-11-5-22(6-12-26)30-34-29(43-35-30)20-42-25-9-13-27(14-10-25)45(40,41)36-24-7-3-21(4-8-24)15-17-33-19-28(37)23-2-1-16-32-18-23/h1-14,16,18,28,33,36-37H,15,17,19-20H2,(H2,31,38,39). The molecular weight excluding hydrogens is 620 g/mol. The van der Waals surface area contributed by atoms with Gasteiger partial charge in [-0.15, -0.1) is 0 Å². The predicted molar refractivity (Wildman–Crippen MR) is 165 cm³/mol. The van der Waals surface area contributed by atoms with Gasteiger partial charge >= 0.3 is 0 Å². The number of hydrogen-bond donors (Lipinski definition) is 4. The molecule has 0 bridgehead atoms. The number of aliphatic hydroxyl groups excluding tert-OH is 1. The second-order valence-electron chi connectivity index (χ2n) is 9.90. The Morgan fingerprint density at radius 2 is 1.62 bits per heavy atom. The third kappa shape index (κ3) is 8.71. The third-order valence-electron chi connectivity index (χ3n) is 6.61. The summed E-state index contributed by atoms with van der Waals surface area (Å²) < 4.78 is 62.1. The summed E-state index contributed by atoms with van der Waals surface area (Å²) in [5.41, 5.74) is 2.71. The highest BCUT2D eigenvalue weighted by atomic mass is 32.2. The van der Waals surface area contributed by atoms with Gasteiger partial charge in [0.2, 0.25) is 15.8 Å². The van der Waals surface area contributed by atoms with E-state index >= 15 is 0 Å². The number of anilines is 1. The number of ether oxygens (including phenoxy) is 1. The highest BCUT2D eigenvalue weighted by Gasteiger charge is 2.16. The Kier molecular flexibility index (Phi) is 9.85. The number of rotatable bonds is 14. The van der Waals surface area contributed by atoms with Crippen LogP contribution in [0.4, 0.5) is 5.69 Å². The van der Waals surface area contributed by atoms with Gasteiger partial charge in [0, 0.05) is 35.8 Å². The SMILES string of the molecule is NS(=O)(=O)c1ccc(-c2noc(COc3ccc(S(=O)(=O)Nc4ccc(CCNCC(O)c5cccnc5)cc4)cc3)n2)cc1. The first-order valence-electron chi connectivity index (χ1n) is 13.7. The number of aromatic nitrogens is 3. The van der Waals surface area contributed by atoms with Crippen LogP contribution in [0.2, 0.25) is 0 Å². The van der Waals surface area contributed by atoms with Crippen LogP contribution in [0.1, 0.15) is 23.1 Å². The van der Waals surface area contributed by atoms with Gasteiger partial charge in [0.25, 0.3) is 15.9 Å². The van der Waals surface area contributed by atoms with Crippen molar-refractivity contribution in [2.75, 3.05) is 17.8 Å². The molecule has 0 aliphatic rings. The van der Waals surface area contributed by atoms with Crippen LogP contribution in [-0.2, 0) is 33.1 Å². The summed E-state index contributed by atoms with van der Waals surface area (Å²) in [7, 11) is -7.66. The smallest absolute Gasteiger partial charge is 0.264 e. The van der Waals surface area contributed by atoms with Crippen molar-refractivity contribution < 1.29 is 31.2 Å². The lowest BCUT2D eigenvalue weighted by molar-refractivity contribution is 0.174. The molecule has 234 valence electrons. The summed E-state index contributed by atoms with van der Waals surface area (Å²) in [5.74, 6) is 0.793. The number of nitrogens with two attached hydrogens (primary N) is 1. The van der Waals surface area contributed by atoms with Gasteiger partial charge < -0.3 is 19.7 Å². The zero-order valence-electron chi connectivity index (χ0n) is 23.8. The van der Waals surface area contributed by atoms with Gasteiger partial charge in [-0.1, -0.05) is 23.4 Å². The molecule has 2 heterocycles. The molecule has 0 amide bonds. The molecule has 0 aliphatic carbocycles. The van der Waals surface area contributed by atoms with Crippen LogP contribution in [-0.4, -0.2) is 50.2 Å². The Bertz CT molecular complexity index is 1920. The molecule has 2 aromatic heterocycles. The van der Waals surface area contributed by atoms with E-state index in [0.29, 0.717) is 36.5 Å². The fourth-order valence-electron chi connectivity index (χ4n) is 4.20. The number of primary sulfonamides is 1. The maximum Gasteiger partial charge on any atom is 0.264 e. The molecule has 5 rings (SSSR count). The molecule has 1 atom stereocenters. The van der Waals surface area contributed by atoms with E-state index in [1.165, 1.54) is 48.5 Å². The second-order valence-corrected chi connectivity index (χ2v) is 13.1. The van der Waals surface area contributed by atoms with Crippen LogP contribution in [0.5, 0.6) is 5.75 Å². The quantitative estimate of drug-likeness (QED) is 0.129. The van der Waals surface area contributed by atoms with Gasteiger partial charge in [-0.2, -0.15) is 4.98 Å². The van der Waals surface area contributed by atoms with Crippen molar-refractivity contribution in [3.05, 3.63) is 114 Å². The van der Waals surface area contributed by atoms with Crippen molar-refractivity contribution in [1.82, 2.24) is 20.4 Å². The average molecular weight is 651 g/mol. The van der Waals surface area contributed by atoms with E-state index in [-0.39, 0.29) is 28.1 Å². The number of benzene rings is 3. The Morgan fingerprint density at radius 1 is 0.911 bits per heavy atom. The van der Waals surface area contributed by atoms with Crippen molar-refractivity contribution >= 4 is 25.7 Å². The lowest BCUT2D eigenvalue weighted by Crippen LogP contribution is -2.23. The second kappa shape index (κ2) is 14.0. The van der Waals surface area contributed by atoms with E-state index in [0.717, 1.165) is 11.1 Å². The number of nitrogens with zero attached hydrogens (tertiary/aromatic N) is 3. The Balaban J connectivity index is 1.09. The van der Waals surface area contributed by atoms with Crippen molar-refractivity contribution in [1.29, 1.82) is 0 Å². The molecule has 0 spiro atoms. The van der Waals surface area contributed by atoms with Gasteiger partial charge in [-0.05, 0) is 85.3 Å². The monoisotopic (exact) mass is 650 g/mol. The average Bonchev–Trinajstić information content (AvgIpc) is 3.52. The highest BCUT2D eigenvalue weighted by Crippen LogP contribution is 2.22. The molecule has 45 heavy (non-hydrogen) atoms. The summed E-state index contributed by atoms with van der Waals surface area (Å²) >= 11 is 0. The van der Waals surface area contributed by atoms with Gasteiger partial charge in [-0.3, -0.25) is 9.71 Å². The number of aliphatic hydroxyl groups is 1. The molecule has 15 heteroatoms. The third-order valence-corrected chi connectivity index (χ3v) is 8.94. The van der Waals surface area contributed by atoms with E-state index in [9.17, 15) is 21.9 Å². The minimum atomic E-state index is -3.84. The maximum absolute atomic E-state index is 12.9. The van der Waals surface area contributed by atoms with Crippen LogP contribution in [0.15, 0.2) is 112 Å². The number of pyridine rings is 1. The van der Waals surface area contributed by atoms with Crippen molar-refractivity contribution in [3.8, 4) is 17.1 Å². The van der Waals surface area contributed by atoms with E-state index in [4.69, 9.17) is 14.4 Å². The van der Waals surface area contributed by atoms with Crippen molar-refractivity contribution in [3.63, 3.8) is 0 Å². The first-order valence-corrected chi connectivity index (χ1v) is 16.7. The molecule has 1 unspecified atom stereocenters. The lowest BCUT2D eigenvalue weighted by atomic mass is 10.1. The van der Waals surface area contributed by atoms with Crippen LogP contribution < -0.4 is 19.9 Å². The van der Waals surface area contributed by atoms with E-state index in [2.05, 4.69) is 25.2 Å². The van der Waals surface area contributed by atoms with Crippen LogP contribution in [0, 0.1) is 0 Å². The van der Waals surface area contributed by atoms with Crippen LogP contribution in [0.25, 0.3) is 11.4 Å². The number of sulfonamides is 2. The minimum absolute atomic E-state index is 0.0350. The largest absolute Gasteiger partial charge is 0.484 e. The Morgan fingerprint density at radius 3 is 2.29 bits per heavy atom. The zero-order valence-corrected chi connectivity index (χ0v) is 25.4. The topological polar surface area (TPSA) is 200 Å². The fraction of sp³-hybridized carbons (Fsp3) is 0.167. The highest BCUT2D eigenvalue weighted by molar-refractivity contribution is 7.92. The molecular formula is C30H30N6O7S2. The van der Waals surface area contributed by atoms with E-state index in [1.54, 1.807) is 30.6 Å². The molecule has 13 nitrogen and oxygen atoms in total. The first-order chi connectivity index (χ1) is 21.6. The van der Waals surface area contributed by atoms with Gasteiger partial charge in [0.15, 0.2) is 6.61 Å². The summed E-state index contributed by atoms with van der Waals surface area (Å²) in [4.78, 5) is 8.26. The molecule has 5 N–H and O–H groups in total. The molecule has 0 radical (unpaired) electrons. The van der Waals surface area contributed by atoms with Gasteiger partial charge in [-0.25, -0.2) is 22.0 Å². The molecule has 0 saturated heterocycles. The Hall–Kier alpha value is -4.67. The summed E-state index contributed by atoms with van der Waals surface area (Å²) in [6.45, 7) is 0.967. The molecule has 3 aromatic carbocycles. The maximum atomic E-state index is 12.9. The van der Waals surface area contributed by atoms with Crippen molar-refractivity contribution in [2.24, 2.45) is 5.14 Å². The van der Waals surface area contributed by atoms with Gasteiger partial charge in [0.1, 0.15) is 5.75 Å². The van der Waals surface area contributed by atoms with Crippen LogP contribution in [0.3, 0.4) is 0 Å². The molecule has 5 aromatic rings. The lowest BCUT2D eigenvalue weighted by Gasteiger charge is -2.12. The summed E-state index contributed by atoms with van der Waals surface area (Å²) in [6.07, 6.45) is 3.35. The Labute approximate surface area is 260 Å². The molecule has 0 aliphatic heterocycles. The summed E-state index contributed by atoms with van der Waals surface area (Å²) in [6, 6.07) is 22.3. The summed E-state index contributed by atoms with van der Waals surface area (Å²) in [5, 5.41) is 22.4. The fourth-order valence-corrected chi connectivity index (χ4v) is 5.77. The van der Waals surface area contributed by atoms with Crippen molar-refractivity contribution in [2.45, 2.75) is 28.9 Å². The molecule has 0 saturated carbocycles. The minimum Gasteiger partial charge on any atom is -0.484 e. The van der Waals surface area contributed by atoms with Gasteiger partial charge in [0.05, 0.1) is 15.9 Å². The van der Waals surface area contributed by atoms with Crippen LogP contribution >= 0.6 is 0 Å². The number of nitrogens with one attached hydrogen (secondary N) is 2.